The smallest absolute Gasteiger partial charge is 0.251 e. The van der Waals surface area contributed by atoms with E-state index >= 15 is 0 Å². The molecular weight excluding hydrogens is 256 g/mol. The summed E-state index contributed by atoms with van der Waals surface area (Å²) in [5.41, 5.74) is 5.51. The van der Waals surface area contributed by atoms with E-state index in [1.54, 1.807) is 4.90 Å². The molecule has 2 unspecified atom stereocenters. The van der Waals surface area contributed by atoms with Gasteiger partial charge in [0.15, 0.2) is 9.84 Å². The molecule has 2 aliphatic heterocycles. The van der Waals surface area contributed by atoms with Crippen LogP contribution in [0.25, 0.3) is 0 Å². The number of carbonyl (C=O) groups is 1. The van der Waals surface area contributed by atoms with Crippen LogP contribution in [-0.4, -0.2) is 62.6 Å². The molecule has 2 saturated heterocycles. The Morgan fingerprint density at radius 1 is 1.28 bits per heavy atom. The highest BCUT2D eigenvalue weighted by molar-refractivity contribution is 7.91. The summed E-state index contributed by atoms with van der Waals surface area (Å²) >= 11 is 0. The Balaban J connectivity index is 1.93. The summed E-state index contributed by atoms with van der Waals surface area (Å²) in [6.07, 6.45) is 1.54. The molecular formula is C11H20N2O4S. The zero-order valence-electron chi connectivity index (χ0n) is 10.4. The number of nitrogens with two attached hydrogens (primary N) is 1. The largest absolute Gasteiger partial charge is 0.364 e. The van der Waals surface area contributed by atoms with Gasteiger partial charge >= 0.3 is 0 Å². The highest BCUT2D eigenvalue weighted by Gasteiger charge is 2.34. The van der Waals surface area contributed by atoms with Crippen molar-refractivity contribution in [3.63, 3.8) is 0 Å². The lowest BCUT2D eigenvalue weighted by Crippen LogP contribution is -2.41. The van der Waals surface area contributed by atoms with Gasteiger partial charge in [0.25, 0.3) is 5.91 Å². The molecule has 0 radical (unpaired) electrons. The van der Waals surface area contributed by atoms with Crippen LogP contribution in [0.3, 0.4) is 0 Å². The van der Waals surface area contributed by atoms with Gasteiger partial charge in [0.05, 0.1) is 17.6 Å². The van der Waals surface area contributed by atoms with Gasteiger partial charge in [-0.1, -0.05) is 0 Å². The topological polar surface area (TPSA) is 89.7 Å². The van der Waals surface area contributed by atoms with E-state index in [0.717, 1.165) is 6.42 Å². The van der Waals surface area contributed by atoms with E-state index in [4.69, 9.17) is 10.5 Å². The number of amides is 1. The summed E-state index contributed by atoms with van der Waals surface area (Å²) in [6, 6.07) is 0. The zero-order chi connectivity index (χ0) is 13.2. The molecule has 18 heavy (non-hydrogen) atoms. The van der Waals surface area contributed by atoms with E-state index in [1.165, 1.54) is 0 Å². The maximum atomic E-state index is 12.2. The highest BCUT2D eigenvalue weighted by atomic mass is 32.2. The average Bonchev–Trinajstić information content (AvgIpc) is 2.74. The fourth-order valence-electron chi connectivity index (χ4n) is 2.42. The van der Waals surface area contributed by atoms with Gasteiger partial charge < -0.3 is 15.4 Å². The molecule has 2 N–H and O–H groups in total. The molecule has 2 fully saturated rings. The van der Waals surface area contributed by atoms with E-state index in [2.05, 4.69) is 0 Å². The maximum absolute atomic E-state index is 12.2. The summed E-state index contributed by atoms with van der Waals surface area (Å²) < 4.78 is 28.5. The second kappa shape index (κ2) is 5.54. The van der Waals surface area contributed by atoms with Gasteiger partial charge in [-0.15, -0.1) is 0 Å². The van der Waals surface area contributed by atoms with Gasteiger partial charge in [0.1, 0.15) is 6.10 Å². The summed E-state index contributed by atoms with van der Waals surface area (Å²) in [5.74, 6) is 0.155. The quantitative estimate of drug-likeness (QED) is 0.709. The Bertz CT molecular complexity index is 409. The molecule has 0 saturated carbocycles. The molecule has 7 heteroatoms. The lowest BCUT2D eigenvalue weighted by molar-refractivity contribution is -0.142. The Morgan fingerprint density at radius 3 is 2.72 bits per heavy atom. The Morgan fingerprint density at radius 2 is 2.06 bits per heavy atom. The van der Waals surface area contributed by atoms with Crippen molar-refractivity contribution in [2.24, 2.45) is 5.73 Å². The number of nitrogens with zero attached hydrogens (tertiary/aromatic N) is 1. The first-order chi connectivity index (χ1) is 8.52. The third-order valence-corrected chi connectivity index (χ3v) is 5.23. The third kappa shape index (κ3) is 3.21. The van der Waals surface area contributed by atoms with Crippen LogP contribution in [0.4, 0.5) is 0 Å². The molecule has 104 valence electrons. The van der Waals surface area contributed by atoms with Crippen molar-refractivity contribution in [2.45, 2.75) is 31.5 Å². The lowest BCUT2D eigenvalue weighted by atomic mass is 10.2. The van der Waals surface area contributed by atoms with Crippen molar-refractivity contribution >= 4 is 15.7 Å². The Hall–Kier alpha value is -0.660. The summed E-state index contributed by atoms with van der Waals surface area (Å²) in [7, 11) is -2.98. The summed E-state index contributed by atoms with van der Waals surface area (Å²) in [4.78, 5) is 13.8. The first-order valence-corrected chi connectivity index (χ1v) is 8.19. The number of ether oxygens (including phenoxy) is 1. The summed E-state index contributed by atoms with van der Waals surface area (Å²) in [5, 5.41) is 0. The van der Waals surface area contributed by atoms with Gasteiger partial charge in [-0.25, -0.2) is 8.42 Å². The number of hydrogen-bond donors (Lipinski definition) is 1. The van der Waals surface area contributed by atoms with Gasteiger partial charge in [0.2, 0.25) is 0 Å². The number of sulfone groups is 1. The maximum Gasteiger partial charge on any atom is 0.251 e. The molecule has 2 rings (SSSR count). The van der Waals surface area contributed by atoms with Crippen LogP contribution >= 0.6 is 0 Å². The summed E-state index contributed by atoms with van der Waals surface area (Å²) in [6.45, 7) is 1.22. The van der Waals surface area contributed by atoms with E-state index in [0.29, 0.717) is 25.9 Å². The van der Waals surface area contributed by atoms with Crippen molar-refractivity contribution < 1.29 is 17.9 Å². The first-order valence-electron chi connectivity index (χ1n) is 6.36. The van der Waals surface area contributed by atoms with Crippen LogP contribution in [0.15, 0.2) is 0 Å². The minimum Gasteiger partial charge on any atom is -0.364 e. The Labute approximate surface area is 107 Å². The molecule has 0 spiro atoms. The van der Waals surface area contributed by atoms with Crippen LogP contribution in [0.1, 0.15) is 19.3 Å². The zero-order valence-corrected chi connectivity index (χ0v) is 11.2. The van der Waals surface area contributed by atoms with Crippen LogP contribution < -0.4 is 5.73 Å². The highest BCUT2D eigenvalue weighted by Crippen LogP contribution is 2.21. The monoisotopic (exact) mass is 276 g/mol. The fraction of sp³-hybridized carbons (Fsp3) is 0.909. The van der Waals surface area contributed by atoms with E-state index < -0.39 is 15.9 Å². The van der Waals surface area contributed by atoms with Gasteiger partial charge in [0, 0.05) is 19.6 Å². The molecule has 2 aliphatic rings. The van der Waals surface area contributed by atoms with Crippen molar-refractivity contribution in [1.82, 2.24) is 4.90 Å². The van der Waals surface area contributed by atoms with Crippen LogP contribution in [0, 0.1) is 0 Å². The first kappa shape index (κ1) is 13.8. The van der Waals surface area contributed by atoms with Gasteiger partial charge in [-0.05, 0) is 19.3 Å². The molecule has 6 nitrogen and oxygen atoms in total. The average molecular weight is 276 g/mol. The van der Waals surface area contributed by atoms with Crippen molar-refractivity contribution in [1.29, 1.82) is 0 Å². The van der Waals surface area contributed by atoms with Crippen molar-refractivity contribution in [2.75, 3.05) is 31.1 Å². The number of carbonyl (C=O) groups excluding carboxylic acids is 1. The molecule has 0 aromatic carbocycles. The van der Waals surface area contributed by atoms with E-state index in [1.807, 2.05) is 0 Å². The normalized spacial score (nSPS) is 32.2. The minimum absolute atomic E-state index is 0.0327. The predicted octanol–water partition coefficient (Wildman–Crippen LogP) is -0.860. The van der Waals surface area contributed by atoms with E-state index in [9.17, 15) is 13.2 Å². The van der Waals surface area contributed by atoms with Crippen LogP contribution in [-0.2, 0) is 19.4 Å². The number of rotatable bonds is 2. The second-order valence-corrected chi connectivity index (χ2v) is 7.19. The molecule has 0 bridgehead atoms. The molecule has 2 atom stereocenters. The SMILES string of the molecule is NCC1CCC(C(=O)N2CCCS(=O)(=O)CC2)O1. The van der Waals surface area contributed by atoms with Crippen molar-refractivity contribution in [3.8, 4) is 0 Å². The molecule has 0 aromatic heterocycles. The Kier molecular flexibility index (Phi) is 4.24. The fourth-order valence-corrected chi connectivity index (χ4v) is 3.69. The van der Waals surface area contributed by atoms with E-state index in [-0.39, 0.29) is 30.1 Å². The van der Waals surface area contributed by atoms with Gasteiger partial charge in [-0.2, -0.15) is 0 Å². The van der Waals surface area contributed by atoms with Crippen LogP contribution in [0.5, 0.6) is 0 Å². The number of hydrogen-bond acceptors (Lipinski definition) is 5. The molecule has 1 amide bonds. The minimum atomic E-state index is -2.98. The lowest BCUT2D eigenvalue weighted by Gasteiger charge is -2.23. The second-order valence-electron chi connectivity index (χ2n) is 4.89. The molecule has 2 heterocycles. The van der Waals surface area contributed by atoms with Gasteiger partial charge in [-0.3, -0.25) is 4.79 Å². The third-order valence-electron chi connectivity index (χ3n) is 3.51. The molecule has 0 aromatic rings. The standard InChI is InChI=1S/C11H20N2O4S/c12-8-9-2-3-10(17-9)11(14)13-4-1-6-18(15,16)7-5-13/h9-10H,1-8,12H2. The predicted molar refractivity (Wildman–Crippen MR) is 66.8 cm³/mol. The molecule has 0 aliphatic carbocycles. The van der Waals surface area contributed by atoms with Crippen LogP contribution in [0.2, 0.25) is 0 Å². The van der Waals surface area contributed by atoms with Crippen molar-refractivity contribution in [3.05, 3.63) is 0 Å².